The molecule has 2 fully saturated rings. The summed E-state index contributed by atoms with van der Waals surface area (Å²) in [6.07, 6.45) is 1.30. The molecule has 0 spiro atoms. The van der Waals surface area contributed by atoms with Crippen LogP contribution in [0, 0.1) is 6.92 Å². The minimum absolute atomic E-state index is 0.0442. The number of thioether (sulfide) groups is 1. The van der Waals surface area contributed by atoms with Crippen LogP contribution in [0.1, 0.15) is 31.0 Å². The lowest BCUT2D eigenvalue weighted by Crippen LogP contribution is -2.46. The highest BCUT2D eigenvalue weighted by atomic mass is 32.2. The molecule has 8 heteroatoms. The standard InChI is InChI=1S/C19H21N3O3S2/c1-12-3-5-13(6-4-12)20-18-21-14(10-26-18)9-25-17(24)15-11-27-19(2)8-7-16(23)22(15)19/h3-6,10,15H,7-9,11H2,1-2H3,(H,20,21)/t15-,19+/m0/s1. The number of nitrogens with zero attached hydrogens (tertiary/aromatic N) is 2. The molecule has 27 heavy (non-hydrogen) atoms. The Hall–Kier alpha value is -2.06. The zero-order valence-electron chi connectivity index (χ0n) is 15.2. The fourth-order valence-electron chi connectivity index (χ4n) is 3.43. The van der Waals surface area contributed by atoms with Crippen LogP contribution in [0.25, 0.3) is 0 Å². The molecule has 0 saturated carbocycles. The summed E-state index contributed by atoms with van der Waals surface area (Å²) in [5.74, 6) is 0.295. The van der Waals surface area contributed by atoms with E-state index in [0.717, 1.165) is 17.2 Å². The summed E-state index contributed by atoms with van der Waals surface area (Å²) in [6, 6.07) is 7.58. The van der Waals surface area contributed by atoms with Gasteiger partial charge in [-0.15, -0.1) is 23.1 Å². The highest BCUT2D eigenvalue weighted by molar-refractivity contribution is 8.01. The number of hydrogen-bond acceptors (Lipinski definition) is 7. The van der Waals surface area contributed by atoms with Crippen LogP contribution in [-0.4, -0.2) is 38.4 Å². The second-order valence-electron chi connectivity index (χ2n) is 7.01. The molecule has 0 bridgehead atoms. The van der Waals surface area contributed by atoms with E-state index in [-0.39, 0.29) is 23.4 Å². The number of thiazole rings is 1. The smallest absolute Gasteiger partial charge is 0.330 e. The average molecular weight is 404 g/mol. The van der Waals surface area contributed by atoms with Crippen LogP contribution < -0.4 is 5.32 Å². The van der Waals surface area contributed by atoms with Crippen molar-refractivity contribution < 1.29 is 14.3 Å². The Balaban J connectivity index is 1.34. The molecule has 2 aromatic rings. The van der Waals surface area contributed by atoms with Crippen LogP contribution in [0.3, 0.4) is 0 Å². The molecule has 4 rings (SSSR count). The van der Waals surface area contributed by atoms with Gasteiger partial charge in [-0.25, -0.2) is 9.78 Å². The topological polar surface area (TPSA) is 71.5 Å². The number of anilines is 2. The van der Waals surface area contributed by atoms with E-state index in [1.54, 1.807) is 16.7 Å². The van der Waals surface area contributed by atoms with Gasteiger partial charge in [0.05, 0.1) is 10.6 Å². The van der Waals surface area contributed by atoms with Crippen LogP contribution in [0.2, 0.25) is 0 Å². The van der Waals surface area contributed by atoms with Crippen LogP contribution in [0.15, 0.2) is 29.6 Å². The SMILES string of the molecule is Cc1ccc(Nc2nc(COC(=O)[C@@H]3CS[C@]4(C)CCC(=O)N34)cs2)cc1. The summed E-state index contributed by atoms with van der Waals surface area (Å²) < 4.78 is 5.46. The van der Waals surface area contributed by atoms with E-state index in [4.69, 9.17) is 4.74 Å². The number of esters is 1. The quantitative estimate of drug-likeness (QED) is 0.768. The maximum absolute atomic E-state index is 12.5. The maximum atomic E-state index is 12.5. The van der Waals surface area contributed by atoms with Crippen LogP contribution >= 0.6 is 23.1 Å². The van der Waals surface area contributed by atoms with E-state index in [1.807, 2.05) is 43.5 Å². The third-order valence-corrected chi connectivity index (χ3v) is 7.25. The molecule has 2 saturated heterocycles. The van der Waals surface area contributed by atoms with Gasteiger partial charge in [0.2, 0.25) is 5.91 Å². The van der Waals surface area contributed by atoms with Gasteiger partial charge in [-0.1, -0.05) is 17.7 Å². The first kappa shape index (κ1) is 18.3. The van der Waals surface area contributed by atoms with E-state index in [2.05, 4.69) is 10.3 Å². The lowest BCUT2D eigenvalue weighted by atomic mass is 10.2. The lowest BCUT2D eigenvalue weighted by Gasteiger charge is -2.29. The lowest BCUT2D eigenvalue weighted by molar-refractivity contribution is -0.154. The molecular formula is C19H21N3O3S2. The Morgan fingerprint density at radius 1 is 1.41 bits per heavy atom. The molecular weight excluding hydrogens is 382 g/mol. The van der Waals surface area contributed by atoms with Gasteiger partial charge in [-0.2, -0.15) is 0 Å². The van der Waals surface area contributed by atoms with E-state index in [1.165, 1.54) is 16.9 Å². The predicted molar refractivity (Wildman–Crippen MR) is 107 cm³/mol. The van der Waals surface area contributed by atoms with Gasteiger partial charge < -0.3 is 15.0 Å². The van der Waals surface area contributed by atoms with Gasteiger partial charge in [0, 0.05) is 23.2 Å². The maximum Gasteiger partial charge on any atom is 0.330 e. The van der Waals surface area contributed by atoms with Crippen molar-refractivity contribution in [1.82, 2.24) is 9.88 Å². The first-order valence-electron chi connectivity index (χ1n) is 8.85. The summed E-state index contributed by atoms with van der Waals surface area (Å²) in [7, 11) is 0. The predicted octanol–water partition coefficient (Wildman–Crippen LogP) is 3.69. The minimum atomic E-state index is -0.487. The highest BCUT2D eigenvalue weighted by Gasteiger charge is 2.53. The van der Waals surface area contributed by atoms with Crippen molar-refractivity contribution >= 4 is 45.8 Å². The zero-order chi connectivity index (χ0) is 19.0. The number of hydrogen-bond donors (Lipinski definition) is 1. The van der Waals surface area contributed by atoms with Crippen LogP contribution in [-0.2, 0) is 20.9 Å². The summed E-state index contributed by atoms with van der Waals surface area (Å²) >= 11 is 3.13. The molecule has 1 aromatic heterocycles. The molecule has 0 aliphatic carbocycles. The summed E-state index contributed by atoms with van der Waals surface area (Å²) in [5, 5.41) is 5.87. The number of ether oxygens (including phenoxy) is 1. The zero-order valence-corrected chi connectivity index (χ0v) is 16.9. The van der Waals surface area contributed by atoms with Crippen molar-refractivity contribution in [3.05, 3.63) is 40.9 Å². The summed E-state index contributed by atoms with van der Waals surface area (Å²) in [4.78, 5) is 30.6. The number of carbonyl (C=O) groups is 2. The molecule has 6 nitrogen and oxygen atoms in total. The molecule has 0 radical (unpaired) electrons. The second-order valence-corrected chi connectivity index (χ2v) is 9.37. The largest absolute Gasteiger partial charge is 0.458 e. The fraction of sp³-hybridized carbons (Fsp3) is 0.421. The van der Waals surface area contributed by atoms with Crippen LogP contribution in [0.5, 0.6) is 0 Å². The molecule has 1 aromatic carbocycles. The van der Waals surface area contributed by atoms with Crippen LogP contribution in [0.4, 0.5) is 10.8 Å². The third kappa shape index (κ3) is 3.68. The van der Waals surface area contributed by atoms with Gasteiger partial charge in [-0.3, -0.25) is 4.79 Å². The van der Waals surface area contributed by atoms with Crippen molar-refractivity contribution in [3.63, 3.8) is 0 Å². The first-order valence-corrected chi connectivity index (χ1v) is 10.7. The first-order chi connectivity index (χ1) is 12.9. The van der Waals surface area contributed by atoms with Gasteiger partial charge in [0.25, 0.3) is 0 Å². The number of carbonyl (C=O) groups excluding carboxylic acids is 2. The van der Waals surface area contributed by atoms with E-state index < -0.39 is 6.04 Å². The van der Waals surface area contributed by atoms with E-state index in [9.17, 15) is 9.59 Å². The van der Waals surface area contributed by atoms with Crippen molar-refractivity contribution in [2.24, 2.45) is 0 Å². The van der Waals surface area contributed by atoms with Crippen molar-refractivity contribution in [1.29, 1.82) is 0 Å². The number of fused-ring (bicyclic) bond motifs is 1. The number of aromatic nitrogens is 1. The number of rotatable bonds is 5. The number of benzene rings is 1. The van der Waals surface area contributed by atoms with Gasteiger partial charge in [0.15, 0.2) is 5.13 Å². The van der Waals surface area contributed by atoms with E-state index in [0.29, 0.717) is 17.9 Å². The highest BCUT2D eigenvalue weighted by Crippen LogP contribution is 2.47. The molecule has 1 N–H and O–H groups in total. The summed E-state index contributed by atoms with van der Waals surface area (Å²) in [6.45, 7) is 4.19. The molecule has 3 heterocycles. The van der Waals surface area contributed by atoms with Gasteiger partial charge >= 0.3 is 5.97 Å². The third-order valence-electron chi connectivity index (χ3n) is 4.93. The second kappa shape index (κ2) is 7.16. The molecule has 1 amide bonds. The average Bonchev–Trinajstić information content (AvgIpc) is 3.31. The van der Waals surface area contributed by atoms with Gasteiger partial charge in [0.1, 0.15) is 12.6 Å². The Labute approximate surface area is 166 Å². The molecule has 2 aliphatic rings. The Morgan fingerprint density at radius 3 is 2.96 bits per heavy atom. The number of aryl methyl sites for hydroxylation is 1. The monoisotopic (exact) mass is 403 g/mol. The minimum Gasteiger partial charge on any atom is -0.458 e. The Morgan fingerprint density at radius 2 is 2.19 bits per heavy atom. The van der Waals surface area contributed by atoms with Crippen molar-refractivity contribution in [2.75, 3.05) is 11.1 Å². The van der Waals surface area contributed by atoms with E-state index >= 15 is 0 Å². The molecule has 2 aliphatic heterocycles. The normalized spacial score (nSPS) is 24.1. The fourth-order valence-corrected chi connectivity index (χ4v) is 5.56. The summed E-state index contributed by atoms with van der Waals surface area (Å²) in [5.41, 5.74) is 2.86. The Bertz CT molecular complexity index is 867. The number of nitrogens with one attached hydrogen (secondary N) is 1. The molecule has 2 atom stereocenters. The van der Waals surface area contributed by atoms with Crippen molar-refractivity contribution in [2.45, 2.75) is 44.2 Å². The Kier molecular flexibility index (Phi) is 4.86. The number of amides is 1. The van der Waals surface area contributed by atoms with Crippen molar-refractivity contribution in [3.8, 4) is 0 Å². The molecule has 0 unspecified atom stereocenters. The van der Waals surface area contributed by atoms with Gasteiger partial charge in [-0.05, 0) is 32.4 Å². The molecule has 142 valence electrons.